The maximum absolute atomic E-state index is 4.64. The summed E-state index contributed by atoms with van der Waals surface area (Å²) in [4.78, 5) is 1.86. The van der Waals surface area contributed by atoms with Crippen LogP contribution in [0.15, 0.2) is 23.7 Å². The molecular formula is C12H10N6S2. The second kappa shape index (κ2) is 4.22. The van der Waals surface area contributed by atoms with Gasteiger partial charge in [0.1, 0.15) is 0 Å². The fourth-order valence-electron chi connectivity index (χ4n) is 1.99. The molecule has 0 atom stereocenters. The number of rotatable bonds is 2. The number of aryl methyl sites for hydroxylation is 1. The summed E-state index contributed by atoms with van der Waals surface area (Å²) in [7, 11) is 1.93. The van der Waals surface area contributed by atoms with Gasteiger partial charge in [0.2, 0.25) is 4.96 Å². The molecule has 0 radical (unpaired) electrons. The summed E-state index contributed by atoms with van der Waals surface area (Å²) in [5, 5.41) is 20.3. The van der Waals surface area contributed by atoms with Crippen LogP contribution in [0.2, 0.25) is 0 Å². The predicted molar refractivity (Wildman–Crippen MR) is 78.9 cm³/mol. The fraction of sp³-hybridized carbons (Fsp3) is 0.167. The molecule has 8 heteroatoms. The topological polar surface area (TPSA) is 60.9 Å². The van der Waals surface area contributed by atoms with E-state index in [9.17, 15) is 0 Å². The number of fused-ring (bicyclic) bond motifs is 1. The molecule has 0 aromatic carbocycles. The molecule has 0 aliphatic carbocycles. The lowest BCUT2D eigenvalue weighted by Crippen LogP contribution is -1.93. The van der Waals surface area contributed by atoms with Gasteiger partial charge in [-0.15, -0.1) is 21.5 Å². The number of thiophene rings is 1. The normalized spacial score (nSPS) is 11.5. The Balaban J connectivity index is 1.90. The molecule has 0 saturated heterocycles. The molecule has 0 aliphatic rings. The summed E-state index contributed by atoms with van der Waals surface area (Å²) in [6.07, 6.45) is 1.84. The van der Waals surface area contributed by atoms with Gasteiger partial charge in [-0.3, -0.25) is 4.68 Å². The summed E-state index contributed by atoms with van der Waals surface area (Å²) < 4.78 is 3.65. The number of aromatic nitrogens is 6. The van der Waals surface area contributed by atoms with Crippen molar-refractivity contribution >= 4 is 27.6 Å². The molecule has 20 heavy (non-hydrogen) atoms. The van der Waals surface area contributed by atoms with Crippen molar-refractivity contribution in [2.75, 3.05) is 0 Å². The molecule has 100 valence electrons. The first kappa shape index (κ1) is 11.7. The molecule has 0 aliphatic heterocycles. The van der Waals surface area contributed by atoms with Gasteiger partial charge in [0.25, 0.3) is 0 Å². The van der Waals surface area contributed by atoms with Crippen molar-refractivity contribution in [3.63, 3.8) is 0 Å². The van der Waals surface area contributed by atoms with Crippen LogP contribution >= 0.6 is 22.7 Å². The Morgan fingerprint density at radius 3 is 2.85 bits per heavy atom. The van der Waals surface area contributed by atoms with Crippen molar-refractivity contribution < 1.29 is 0 Å². The number of hydrogen-bond acceptors (Lipinski definition) is 6. The van der Waals surface area contributed by atoms with E-state index in [-0.39, 0.29) is 0 Å². The molecule has 6 nitrogen and oxygen atoms in total. The zero-order valence-electron chi connectivity index (χ0n) is 10.8. The van der Waals surface area contributed by atoms with Gasteiger partial charge in [-0.1, -0.05) is 17.4 Å². The van der Waals surface area contributed by atoms with E-state index < -0.39 is 0 Å². The minimum Gasteiger partial charge on any atom is -0.272 e. The average Bonchev–Trinajstić information content (AvgIpc) is 3.15. The van der Waals surface area contributed by atoms with Crippen LogP contribution < -0.4 is 0 Å². The molecule has 4 aromatic heterocycles. The minimum atomic E-state index is 0.791. The van der Waals surface area contributed by atoms with Gasteiger partial charge in [-0.25, -0.2) is 0 Å². The average molecular weight is 302 g/mol. The Labute approximate surface area is 122 Å². The van der Waals surface area contributed by atoms with Crippen LogP contribution in [0.25, 0.3) is 26.2 Å². The van der Waals surface area contributed by atoms with E-state index in [1.807, 2.05) is 42.4 Å². The molecule has 0 saturated carbocycles. The van der Waals surface area contributed by atoms with Gasteiger partial charge in [-0.2, -0.15) is 14.7 Å². The number of hydrogen-bond donors (Lipinski definition) is 0. The standard InChI is InChI=1S/C12H10N6S2/c1-7-8(6-13-17(7)2)11-16-18-10(9-4-3-5-19-9)14-15-12(18)20-11/h3-6H,1-2H3. The van der Waals surface area contributed by atoms with Gasteiger partial charge in [0.05, 0.1) is 16.6 Å². The van der Waals surface area contributed by atoms with Crippen molar-refractivity contribution in [3.05, 3.63) is 29.4 Å². The summed E-state index contributed by atoms with van der Waals surface area (Å²) in [5.74, 6) is 0.791. The molecule has 4 aromatic rings. The Morgan fingerprint density at radius 2 is 2.15 bits per heavy atom. The van der Waals surface area contributed by atoms with Crippen molar-refractivity contribution in [2.45, 2.75) is 6.92 Å². The Morgan fingerprint density at radius 1 is 1.25 bits per heavy atom. The highest BCUT2D eigenvalue weighted by molar-refractivity contribution is 7.20. The quantitative estimate of drug-likeness (QED) is 0.571. The van der Waals surface area contributed by atoms with E-state index in [1.165, 1.54) is 11.3 Å². The third-order valence-corrected chi connectivity index (χ3v) is 5.00. The van der Waals surface area contributed by atoms with E-state index in [4.69, 9.17) is 0 Å². The molecule has 0 unspecified atom stereocenters. The van der Waals surface area contributed by atoms with Crippen molar-refractivity contribution in [3.8, 4) is 21.3 Å². The first-order valence-electron chi connectivity index (χ1n) is 5.99. The molecular weight excluding hydrogens is 292 g/mol. The SMILES string of the molecule is Cc1c(-c2nn3c(-c4cccs4)nnc3s2)cnn1C. The molecule has 0 N–H and O–H groups in total. The highest BCUT2D eigenvalue weighted by Crippen LogP contribution is 2.30. The largest absolute Gasteiger partial charge is 0.272 e. The Hall–Kier alpha value is -2.06. The Bertz CT molecular complexity index is 883. The van der Waals surface area contributed by atoms with E-state index in [0.717, 1.165) is 31.9 Å². The lowest BCUT2D eigenvalue weighted by atomic mass is 10.3. The van der Waals surface area contributed by atoms with Crippen LogP contribution in [-0.4, -0.2) is 29.6 Å². The first-order valence-corrected chi connectivity index (χ1v) is 7.69. The van der Waals surface area contributed by atoms with Gasteiger partial charge in [0, 0.05) is 12.7 Å². The van der Waals surface area contributed by atoms with Gasteiger partial charge >= 0.3 is 0 Å². The van der Waals surface area contributed by atoms with Crippen LogP contribution in [0.4, 0.5) is 0 Å². The zero-order chi connectivity index (χ0) is 13.7. The summed E-state index contributed by atoms with van der Waals surface area (Å²) in [6, 6.07) is 4.02. The second-order valence-electron chi connectivity index (χ2n) is 4.37. The van der Waals surface area contributed by atoms with E-state index in [0.29, 0.717) is 0 Å². The van der Waals surface area contributed by atoms with E-state index in [1.54, 1.807) is 15.9 Å². The molecule has 0 spiro atoms. The van der Waals surface area contributed by atoms with Crippen LogP contribution in [-0.2, 0) is 7.05 Å². The van der Waals surface area contributed by atoms with Gasteiger partial charge < -0.3 is 0 Å². The highest BCUT2D eigenvalue weighted by Gasteiger charge is 2.17. The van der Waals surface area contributed by atoms with E-state index in [2.05, 4.69) is 20.4 Å². The van der Waals surface area contributed by atoms with Gasteiger partial charge in [0.15, 0.2) is 10.8 Å². The molecule has 0 amide bonds. The molecule has 0 fully saturated rings. The third-order valence-electron chi connectivity index (χ3n) is 3.20. The number of nitrogens with zero attached hydrogens (tertiary/aromatic N) is 6. The maximum Gasteiger partial charge on any atom is 0.235 e. The lowest BCUT2D eigenvalue weighted by molar-refractivity contribution is 0.740. The third kappa shape index (κ3) is 1.61. The van der Waals surface area contributed by atoms with Crippen molar-refractivity contribution in [1.82, 2.24) is 29.6 Å². The monoisotopic (exact) mass is 302 g/mol. The second-order valence-corrected chi connectivity index (χ2v) is 6.27. The molecule has 0 bridgehead atoms. The minimum absolute atomic E-state index is 0.791. The van der Waals surface area contributed by atoms with Gasteiger partial charge in [-0.05, 0) is 18.4 Å². The van der Waals surface area contributed by atoms with E-state index >= 15 is 0 Å². The summed E-state index contributed by atoms with van der Waals surface area (Å²) in [6.45, 7) is 2.03. The molecule has 4 rings (SSSR count). The smallest absolute Gasteiger partial charge is 0.235 e. The van der Waals surface area contributed by atoms with Crippen LogP contribution in [0, 0.1) is 6.92 Å². The summed E-state index contributed by atoms with van der Waals surface area (Å²) in [5.41, 5.74) is 2.13. The first-order chi connectivity index (χ1) is 9.74. The zero-order valence-corrected chi connectivity index (χ0v) is 12.4. The predicted octanol–water partition coefficient (Wildman–Crippen LogP) is 2.62. The van der Waals surface area contributed by atoms with Crippen LogP contribution in [0.5, 0.6) is 0 Å². The van der Waals surface area contributed by atoms with Crippen LogP contribution in [0.3, 0.4) is 0 Å². The maximum atomic E-state index is 4.64. The Kier molecular flexibility index (Phi) is 2.48. The van der Waals surface area contributed by atoms with Crippen LogP contribution in [0.1, 0.15) is 5.69 Å². The lowest BCUT2D eigenvalue weighted by Gasteiger charge is -1.95. The highest BCUT2D eigenvalue weighted by atomic mass is 32.1. The molecule has 4 heterocycles. The summed E-state index contributed by atoms with van der Waals surface area (Å²) >= 11 is 3.16. The fourth-order valence-corrected chi connectivity index (χ4v) is 3.59. The van der Waals surface area contributed by atoms with Crippen molar-refractivity contribution in [1.29, 1.82) is 0 Å². The van der Waals surface area contributed by atoms with Crippen molar-refractivity contribution in [2.24, 2.45) is 7.05 Å².